The van der Waals surface area contributed by atoms with Crippen LogP contribution in [0.5, 0.6) is 0 Å². The van der Waals surface area contributed by atoms with E-state index < -0.39 is 0 Å². The molecule has 3 aromatic rings. The molecule has 0 fully saturated rings. The number of aryl methyl sites for hydroxylation is 1. The molecule has 24 heavy (non-hydrogen) atoms. The molecular formula is C20H22N4. The van der Waals surface area contributed by atoms with E-state index in [4.69, 9.17) is 10.8 Å². The first-order valence-electron chi connectivity index (χ1n) is 8.43. The summed E-state index contributed by atoms with van der Waals surface area (Å²) >= 11 is 0. The van der Waals surface area contributed by atoms with Crippen LogP contribution in [-0.4, -0.2) is 16.3 Å². The van der Waals surface area contributed by atoms with E-state index in [1.165, 1.54) is 11.1 Å². The lowest BCUT2D eigenvalue weighted by atomic mass is 9.99. The van der Waals surface area contributed by atoms with Crippen molar-refractivity contribution in [3.8, 4) is 5.69 Å². The number of fused-ring (bicyclic) bond motifs is 1. The van der Waals surface area contributed by atoms with Crippen LogP contribution in [0.1, 0.15) is 22.4 Å². The summed E-state index contributed by atoms with van der Waals surface area (Å²) in [6.07, 6.45) is 1.05. The second kappa shape index (κ2) is 6.13. The van der Waals surface area contributed by atoms with E-state index in [2.05, 4.69) is 41.3 Å². The quantitative estimate of drug-likeness (QED) is 0.807. The highest BCUT2D eigenvalue weighted by Crippen LogP contribution is 2.31. The van der Waals surface area contributed by atoms with Crippen molar-refractivity contribution in [2.75, 3.05) is 11.4 Å². The lowest BCUT2D eigenvalue weighted by Gasteiger charge is -2.31. The smallest absolute Gasteiger partial charge is 0.137 e. The Kier molecular flexibility index (Phi) is 3.82. The van der Waals surface area contributed by atoms with Gasteiger partial charge in [0.1, 0.15) is 5.82 Å². The molecule has 1 aliphatic rings. The van der Waals surface area contributed by atoms with Crippen LogP contribution in [-0.2, 0) is 19.5 Å². The molecule has 1 aromatic heterocycles. The Morgan fingerprint density at radius 3 is 2.46 bits per heavy atom. The highest BCUT2D eigenvalue weighted by atomic mass is 15.4. The highest BCUT2D eigenvalue weighted by molar-refractivity contribution is 5.57. The van der Waals surface area contributed by atoms with Crippen LogP contribution in [0, 0.1) is 6.92 Å². The molecule has 122 valence electrons. The number of nitrogens with two attached hydrogens (primary N) is 1. The van der Waals surface area contributed by atoms with Gasteiger partial charge in [-0.1, -0.05) is 42.5 Å². The fourth-order valence-corrected chi connectivity index (χ4v) is 3.54. The van der Waals surface area contributed by atoms with E-state index in [0.717, 1.165) is 42.3 Å². The van der Waals surface area contributed by atoms with Crippen LogP contribution in [0.15, 0.2) is 54.6 Å². The summed E-state index contributed by atoms with van der Waals surface area (Å²) in [6.45, 7) is 4.44. The maximum Gasteiger partial charge on any atom is 0.137 e. The number of anilines is 1. The van der Waals surface area contributed by atoms with Crippen LogP contribution in [0.2, 0.25) is 0 Å². The zero-order valence-electron chi connectivity index (χ0n) is 13.9. The van der Waals surface area contributed by atoms with Gasteiger partial charge in [0.15, 0.2) is 0 Å². The van der Waals surface area contributed by atoms with Crippen molar-refractivity contribution in [2.45, 2.75) is 26.4 Å². The minimum absolute atomic E-state index is 0.506. The van der Waals surface area contributed by atoms with Gasteiger partial charge in [-0.15, -0.1) is 0 Å². The lowest BCUT2D eigenvalue weighted by molar-refractivity contribution is 0.694. The van der Waals surface area contributed by atoms with E-state index in [0.29, 0.717) is 6.54 Å². The zero-order valence-corrected chi connectivity index (χ0v) is 13.9. The molecule has 4 nitrogen and oxygen atoms in total. The van der Waals surface area contributed by atoms with Crippen molar-refractivity contribution in [3.05, 3.63) is 77.0 Å². The number of rotatable bonds is 3. The van der Waals surface area contributed by atoms with Crippen molar-refractivity contribution < 1.29 is 0 Å². The van der Waals surface area contributed by atoms with Crippen molar-refractivity contribution in [1.82, 2.24) is 9.78 Å². The van der Waals surface area contributed by atoms with Gasteiger partial charge in [0, 0.05) is 25.2 Å². The molecular weight excluding hydrogens is 296 g/mol. The second-order valence-electron chi connectivity index (χ2n) is 6.28. The molecule has 0 saturated heterocycles. The predicted molar refractivity (Wildman–Crippen MR) is 97.4 cm³/mol. The average molecular weight is 318 g/mol. The Hall–Kier alpha value is -2.59. The van der Waals surface area contributed by atoms with Gasteiger partial charge in [0.2, 0.25) is 0 Å². The van der Waals surface area contributed by atoms with Gasteiger partial charge in [-0.3, -0.25) is 0 Å². The first-order chi connectivity index (χ1) is 11.8. The van der Waals surface area contributed by atoms with Gasteiger partial charge in [-0.25, -0.2) is 4.68 Å². The number of nitrogens with zero attached hydrogens (tertiary/aromatic N) is 3. The van der Waals surface area contributed by atoms with Crippen molar-refractivity contribution in [1.29, 1.82) is 0 Å². The number of para-hydroxylation sites is 1. The van der Waals surface area contributed by atoms with E-state index in [1.807, 2.05) is 29.8 Å². The Labute approximate surface area is 142 Å². The molecule has 2 aromatic carbocycles. The standard InChI is InChI=1S/C20H22N4/c1-15-19(13-21)20(24(22-15)18-9-3-2-4-10-18)23-12-11-16-7-5-6-8-17(16)14-23/h2-10H,11-14,21H2,1H3. The molecule has 0 spiro atoms. The second-order valence-corrected chi connectivity index (χ2v) is 6.28. The molecule has 0 saturated carbocycles. The Morgan fingerprint density at radius 2 is 1.71 bits per heavy atom. The number of aromatic nitrogens is 2. The molecule has 4 heteroatoms. The normalized spacial score (nSPS) is 13.8. The highest BCUT2D eigenvalue weighted by Gasteiger charge is 2.24. The van der Waals surface area contributed by atoms with Gasteiger partial charge in [0.05, 0.1) is 11.4 Å². The predicted octanol–water partition coefficient (Wildman–Crippen LogP) is 3.20. The van der Waals surface area contributed by atoms with Gasteiger partial charge < -0.3 is 10.6 Å². The Balaban J connectivity index is 1.80. The summed E-state index contributed by atoms with van der Waals surface area (Å²) in [5.41, 5.74) is 12.1. The minimum Gasteiger partial charge on any atom is -0.352 e. The molecule has 0 bridgehead atoms. The summed E-state index contributed by atoms with van der Waals surface area (Å²) in [7, 11) is 0. The average Bonchev–Trinajstić information content (AvgIpc) is 2.98. The molecule has 0 unspecified atom stereocenters. The summed E-state index contributed by atoms with van der Waals surface area (Å²) < 4.78 is 2.05. The van der Waals surface area contributed by atoms with E-state index in [9.17, 15) is 0 Å². The third-order valence-corrected chi connectivity index (χ3v) is 4.79. The van der Waals surface area contributed by atoms with Crippen LogP contribution < -0.4 is 10.6 Å². The number of benzene rings is 2. The Bertz CT molecular complexity index is 851. The molecule has 4 rings (SSSR count). The summed E-state index contributed by atoms with van der Waals surface area (Å²) in [5.74, 6) is 1.13. The SMILES string of the molecule is Cc1nn(-c2ccccc2)c(N2CCc3ccccc3C2)c1CN. The molecule has 0 aliphatic carbocycles. The minimum atomic E-state index is 0.506. The maximum absolute atomic E-state index is 6.06. The molecule has 0 atom stereocenters. The Morgan fingerprint density at radius 1 is 1.00 bits per heavy atom. The molecule has 1 aliphatic heterocycles. The van der Waals surface area contributed by atoms with E-state index in [1.54, 1.807) is 0 Å². The lowest BCUT2D eigenvalue weighted by Crippen LogP contribution is -2.32. The maximum atomic E-state index is 6.06. The van der Waals surface area contributed by atoms with Crippen molar-refractivity contribution in [3.63, 3.8) is 0 Å². The van der Waals surface area contributed by atoms with E-state index in [-0.39, 0.29) is 0 Å². The third-order valence-electron chi connectivity index (χ3n) is 4.79. The fourth-order valence-electron chi connectivity index (χ4n) is 3.54. The van der Waals surface area contributed by atoms with Crippen LogP contribution >= 0.6 is 0 Å². The summed E-state index contributed by atoms with van der Waals surface area (Å²) in [6, 6.07) is 19.0. The van der Waals surface area contributed by atoms with Crippen molar-refractivity contribution in [2.24, 2.45) is 5.73 Å². The third kappa shape index (κ3) is 2.49. The first-order valence-corrected chi connectivity index (χ1v) is 8.43. The first kappa shape index (κ1) is 15.0. The number of hydrogen-bond acceptors (Lipinski definition) is 3. The molecule has 0 amide bonds. The molecule has 2 heterocycles. The van der Waals surface area contributed by atoms with Gasteiger partial charge in [0.25, 0.3) is 0 Å². The molecule has 2 N–H and O–H groups in total. The van der Waals surface area contributed by atoms with Gasteiger partial charge in [-0.2, -0.15) is 5.10 Å². The summed E-state index contributed by atoms with van der Waals surface area (Å²) in [4.78, 5) is 2.41. The van der Waals surface area contributed by atoms with Crippen LogP contribution in [0.4, 0.5) is 5.82 Å². The summed E-state index contributed by atoms with van der Waals surface area (Å²) in [5, 5.41) is 4.78. The zero-order chi connectivity index (χ0) is 16.5. The van der Waals surface area contributed by atoms with Gasteiger partial charge >= 0.3 is 0 Å². The molecule has 0 radical (unpaired) electrons. The fraction of sp³-hybridized carbons (Fsp3) is 0.250. The van der Waals surface area contributed by atoms with Crippen molar-refractivity contribution >= 4 is 5.82 Å². The monoisotopic (exact) mass is 318 g/mol. The largest absolute Gasteiger partial charge is 0.352 e. The van der Waals surface area contributed by atoms with Crippen LogP contribution in [0.25, 0.3) is 5.69 Å². The topological polar surface area (TPSA) is 47.1 Å². The number of hydrogen-bond donors (Lipinski definition) is 1. The van der Waals surface area contributed by atoms with Gasteiger partial charge in [-0.05, 0) is 36.6 Å². The van der Waals surface area contributed by atoms with Crippen LogP contribution in [0.3, 0.4) is 0 Å². The van der Waals surface area contributed by atoms with E-state index >= 15 is 0 Å².